The molecule has 0 spiro atoms. The Bertz CT molecular complexity index is 201. The highest BCUT2D eigenvalue weighted by atomic mass is 35.5. The third-order valence-electron chi connectivity index (χ3n) is 3.17. The van der Waals surface area contributed by atoms with Crippen molar-refractivity contribution in [3.8, 4) is 0 Å². The van der Waals surface area contributed by atoms with Crippen LogP contribution in [0.15, 0.2) is 0 Å². The topological polar surface area (TPSA) is 46.3 Å². The van der Waals surface area contributed by atoms with Crippen LogP contribution in [0, 0.1) is 5.92 Å². The van der Waals surface area contributed by atoms with Crippen molar-refractivity contribution in [2.45, 2.75) is 52.0 Å². The number of nitrogens with zero attached hydrogens (tertiary/aromatic N) is 1. The van der Waals surface area contributed by atoms with Crippen LogP contribution in [0.2, 0.25) is 0 Å². The summed E-state index contributed by atoms with van der Waals surface area (Å²) >= 11 is 0. The van der Waals surface area contributed by atoms with E-state index in [1.54, 1.807) is 0 Å². The van der Waals surface area contributed by atoms with Gasteiger partial charge in [0, 0.05) is 13.1 Å². The molecule has 0 aromatic heterocycles. The van der Waals surface area contributed by atoms with E-state index in [0.29, 0.717) is 0 Å². The van der Waals surface area contributed by atoms with Gasteiger partial charge in [0.2, 0.25) is 5.91 Å². The zero-order chi connectivity index (χ0) is 11.3. The summed E-state index contributed by atoms with van der Waals surface area (Å²) in [6, 6.07) is -0.315. The van der Waals surface area contributed by atoms with Gasteiger partial charge in [-0.15, -0.1) is 12.4 Å². The molecular formula is C12H25ClN2O. The average Bonchev–Trinajstić information content (AvgIpc) is 2.15. The minimum absolute atomic E-state index is 0. The van der Waals surface area contributed by atoms with Gasteiger partial charge in [-0.1, -0.05) is 33.1 Å². The smallest absolute Gasteiger partial charge is 0.239 e. The van der Waals surface area contributed by atoms with Gasteiger partial charge in [-0.3, -0.25) is 4.79 Å². The molecule has 1 amide bonds. The molecule has 0 aromatic rings. The van der Waals surface area contributed by atoms with Gasteiger partial charge in [-0.2, -0.15) is 0 Å². The summed E-state index contributed by atoms with van der Waals surface area (Å²) in [4.78, 5) is 14.0. The van der Waals surface area contributed by atoms with Gasteiger partial charge in [0.15, 0.2) is 0 Å². The first-order valence-electron chi connectivity index (χ1n) is 6.17. The minimum Gasteiger partial charge on any atom is -0.341 e. The van der Waals surface area contributed by atoms with Crippen molar-refractivity contribution in [3.05, 3.63) is 0 Å². The van der Waals surface area contributed by atoms with Crippen molar-refractivity contribution in [2.75, 3.05) is 13.1 Å². The van der Waals surface area contributed by atoms with Gasteiger partial charge >= 0.3 is 0 Å². The van der Waals surface area contributed by atoms with E-state index >= 15 is 0 Å². The fraction of sp³-hybridized carbons (Fsp3) is 0.917. The molecule has 0 aliphatic carbocycles. The molecule has 0 aromatic carbocycles. The summed E-state index contributed by atoms with van der Waals surface area (Å²) in [5.74, 6) is 0.384. The number of carbonyl (C=O) groups excluding carboxylic acids is 1. The van der Waals surface area contributed by atoms with Gasteiger partial charge < -0.3 is 10.6 Å². The van der Waals surface area contributed by atoms with Gasteiger partial charge in [-0.25, -0.2) is 0 Å². The molecule has 16 heavy (non-hydrogen) atoms. The quantitative estimate of drug-likeness (QED) is 0.814. The van der Waals surface area contributed by atoms with Gasteiger partial charge in [0.1, 0.15) is 0 Å². The molecule has 3 nitrogen and oxygen atoms in total. The van der Waals surface area contributed by atoms with E-state index in [1.807, 2.05) is 18.7 Å². The molecule has 4 heteroatoms. The Morgan fingerprint density at radius 3 is 1.94 bits per heavy atom. The Hall–Kier alpha value is -0.280. The number of amides is 1. The monoisotopic (exact) mass is 248 g/mol. The van der Waals surface area contributed by atoms with E-state index in [4.69, 9.17) is 5.73 Å². The van der Waals surface area contributed by atoms with E-state index in [9.17, 15) is 4.79 Å². The normalized spacial score (nSPS) is 19.6. The van der Waals surface area contributed by atoms with Crippen LogP contribution in [-0.4, -0.2) is 29.9 Å². The lowest BCUT2D eigenvalue weighted by atomic mass is 10.0. The van der Waals surface area contributed by atoms with Crippen LogP contribution in [0.5, 0.6) is 0 Å². The summed E-state index contributed by atoms with van der Waals surface area (Å²) in [5.41, 5.74) is 5.89. The molecular weight excluding hydrogens is 224 g/mol. The summed E-state index contributed by atoms with van der Waals surface area (Å²) in [6.07, 6.45) is 6.09. The highest BCUT2D eigenvalue weighted by molar-refractivity contribution is 5.85. The fourth-order valence-electron chi connectivity index (χ4n) is 1.96. The summed E-state index contributed by atoms with van der Waals surface area (Å²) in [5, 5.41) is 0. The summed E-state index contributed by atoms with van der Waals surface area (Å²) < 4.78 is 0. The molecule has 1 atom stereocenters. The van der Waals surface area contributed by atoms with Crippen molar-refractivity contribution in [3.63, 3.8) is 0 Å². The van der Waals surface area contributed by atoms with Crippen LogP contribution < -0.4 is 5.73 Å². The SMILES string of the molecule is CC(C)[C@@H](N)C(=O)N1CCCCCCC1.Cl. The van der Waals surface area contributed by atoms with Crippen LogP contribution in [0.3, 0.4) is 0 Å². The molecule has 2 N–H and O–H groups in total. The molecule has 1 fully saturated rings. The van der Waals surface area contributed by atoms with Crippen LogP contribution in [0.4, 0.5) is 0 Å². The van der Waals surface area contributed by atoms with Crippen LogP contribution in [0.1, 0.15) is 46.0 Å². The van der Waals surface area contributed by atoms with Crippen LogP contribution in [0.25, 0.3) is 0 Å². The number of likely N-dealkylation sites (tertiary alicyclic amines) is 1. The lowest BCUT2D eigenvalue weighted by Crippen LogP contribution is -2.47. The average molecular weight is 249 g/mol. The maximum absolute atomic E-state index is 12.0. The number of hydrogen-bond donors (Lipinski definition) is 1. The highest BCUT2D eigenvalue weighted by Crippen LogP contribution is 2.12. The Morgan fingerprint density at radius 1 is 1.06 bits per heavy atom. The molecule has 0 bridgehead atoms. The standard InChI is InChI=1S/C12H24N2O.ClH/c1-10(2)11(13)12(15)14-8-6-4-3-5-7-9-14;/h10-11H,3-9,13H2,1-2H3;1H/t11-;/m1./s1. The lowest BCUT2D eigenvalue weighted by molar-refractivity contribution is -0.133. The summed E-state index contributed by atoms with van der Waals surface area (Å²) in [7, 11) is 0. The Kier molecular flexibility index (Phi) is 7.77. The number of carbonyl (C=O) groups is 1. The maximum atomic E-state index is 12.0. The number of halogens is 1. The largest absolute Gasteiger partial charge is 0.341 e. The maximum Gasteiger partial charge on any atom is 0.239 e. The zero-order valence-corrected chi connectivity index (χ0v) is 11.3. The minimum atomic E-state index is -0.315. The predicted octanol–water partition coefficient (Wildman–Crippen LogP) is 2.18. The van der Waals surface area contributed by atoms with Crippen LogP contribution >= 0.6 is 12.4 Å². The van der Waals surface area contributed by atoms with Gasteiger partial charge in [-0.05, 0) is 18.8 Å². The van der Waals surface area contributed by atoms with Gasteiger partial charge in [0.25, 0.3) is 0 Å². The first kappa shape index (κ1) is 15.7. The van der Waals surface area contributed by atoms with Crippen molar-refractivity contribution < 1.29 is 4.79 Å². The number of hydrogen-bond acceptors (Lipinski definition) is 2. The predicted molar refractivity (Wildman–Crippen MR) is 69.7 cm³/mol. The van der Waals surface area contributed by atoms with E-state index < -0.39 is 0 Å². The van der Waals surface area contributed by atoms with E-state index in [2.05, 4.69) is 0 Å². The molecule has 0 saturated carbocycles. The highest BCUT2D eigenvalue weighted by Gasteiger charge is 2.23. The molecule has 1 heterocycles. The second kappa shape index (κ2) is 7.91. The summed E-state index contributed by atoms with van der Waals surface area (Å²) in [6.45, 7) is 5.82. The molecule has 0 radical (unpaired) electrons. The van der Waals surface area contributed by atoms with E-state index in [-0.39, 0.29) is 30.3 Å². The van der Waals surface area contributed by atoms with Crippen molar-refractivity contribution in [1.82, 2.24) is 4.90 Å². The number of rotatable bonds is 2. The Labute approximate surface area is 105 Å². The van der Waals surface area contributed by atoms with Crippen molar-refractivity contribution >= 4 is 18.3 Å². The number of nitrogens with two attached hydrogens (primary N) is 1. The molecule has 1 aliphatic heterocycles. The third-order valence-corrected chi connectivity index (χ3v) is 3.17. The molecule has 1 saturated heterocycles. The molecule has 1 aliphatic rings. The zero-order valence-electron chi connectivity index (χ0n) is 10.4. The second-order valence-corrected chi connectivity index (χ2v) is 4.86. The van der Waals surface area contributed by atoms with E-state index in [0.717, 1.165) is 25.9 Å². The van der Waals surface area contributed by atoms with Gasteiger partial charge in [0.05, 0.1) is 6.04 Å². The van der Waals surface area contributed by atoms with Crippen LogP contribution in [-0.2, 0) is 4.79 Å². The Morgan fingerprint density at radius 2 is 1.50 bits per heavy atom. The third kappa shape index (κ3) is 4.71. The lowest BCUT2D eigenvalue weighted by Gasteiger charge is -2.28. The fourth-order valence-corrected chi connectivity index (χ4v) is 1.96. The Balaban J connectivity index is 0.00000225. The van der Waals surface area contributed by atoms with Crippen molar-refractivity contribution in [2.24, 2.45) is 11.7 Å². The molecule has 0 unspecified atom stereocenters. The first-order chi connectivity index (χ1) is 7.13. The first-order valence-corrected chi connectivity index (χ1v) is 6.17. The molecule has 1 rings (SSSR count). The van der Waals surface area contributed by atoms with E-state index in [1.165, 1.54) is 19.3 Å². The molecule has 96 valence electrons. The van der Waals surface area contributed by atoms with Crippen molar-refractivity contribution in [1.29, 1.82) is 0 Å². The second-order valence-electron chi connectivity index (χ2n) is 4.86.